The molecule has 0 aliphatic carbocycles. The molecule has 0 unspecified atom stereocenters. The first-order valence-corrected chi connectivity index (χ1v) is 12.0. The molecular weight excluding hydrogens is 418 g/mol. The van der Waals surface area contributed by atoms with Gasteiger partial charge >= 0.3 is 0 Å². The van der Waals surface area contributed by atoms with Crippen molar-refractivity contribution in [3.63, 3.8) is 0 Å². The minimum atomic E-state index is 0.978. The summed E-state index contributed by atoms with van der Waals surface area (Å²) < 4.78 is 11.7. The van der Waals surface area contributed by atoms with Crippen LogP contribution in [0.3, 0.4) is 0 Å². The van der Waals surface area contributed by atoms with Crippen LogP contribution in [0.2, 0.25) is 0 Å². The van der Waals surface area contributed by atoms with Gasteiger partial charge in [-0.3, -0.25) is 0 Å². The van der Waals surface area contributed by atoms with Crippen molar-refractivity contribution in [3.8, 4) is 10.6 Å². The maximum atomic E-state index is 6.64. The first-order chi connectivity index (χ1) is 15.2. The Morgan fingerprint density at radius 3 is 2.35 bits per heavy atom. The lowest BCUT2D eigenvalue weighted by molar-refractivity contribution is -0.627. The quantitative estimate of drug-likeness (QED) is 0.239. The number of fused-ring (bicyclic) bond motifs is 8. The van der Waals surface area contributed by atoms with E-state index in [1.807, 2.05) is 22.7 Å². The molecule has 31 heavy (non-hydrogen) atoms. The van der Waals surface area contributed by atoms with E-state index in [4.69, 9.17) is 4.42 Å². The summed E-state index contributed by atoms with van der Waals surface area (Å²) >= 11 is 3.73. The maximum Gasteiger partial charge on any atom is 0.281 e. The normalized spacial score (nSPS) is 12.2. The second-order valence-electron chi connectivity index (χ2n) is 8.10. The molecule has 0 atom stereocenters. The zero-order valence-electron chi connectivity index (χ0n) is 17.1. The standard InChI is InChI=1S/C27H18NOS2/c1-15-11-13-19-18-14-12-16-7-3-4-8-17(16)23(18)29-24(19)22(15)26-28(2)27-25(31-26)20-9-5-6-10-21(20)30-27/h3-14H,1-2H3/q+1. The summed E-state index contributed by atoms with van der Waals surface area (Å²) in [6, 6.07) is 26.0. The number of thiophene rings is 1. The SMILES string of the molecule is Cc1ccc2c(oc3c4ccccc4ccc23)c1-c1sc2c3ccccc3sc2[n+]1C. The predicted molar refractivity (Wildman–Crippen MR) is 133 cm³/mol. The number of aromatic nitrogens is 1. The summed E-state index contributed by atoms with van der Waals surface area (Å²) in [4.78, 5) is 1.32. The van der Waals surface area contributed by atoms with Crippen molar-refractivity contribution >= 4 is 75.0 Å². The van der Waals surface area contributed by atoms with Gasteiger partial charge < -0.3 is 4.42 Å². The molecule has 7 rings (SSSR count). The molecule has 0 amide bonds. The lowest BCUT2D eigenvalue weighted by Gasteiger charge is -2.02. The Hall–Kier alpha value is -3.21. The Kier molecular flexibility index (Phi) is 3.47. The third kappa shape index (κ3) is 2.29. The van der Waals surface area contributed by atoms with Crippen molar-refractivity contribution in [1.29, 1.82) is 0 Å². The molecular formula is C27H18NOS2+. The minimum absolute atomic E-state index is 0.978. The monoisotopic (exact) mass is 436 g/mol. The van der Waals surface area contributed by atoms with Crippen molar-refractivity contribution in [2.75, 3.05) is 0 Å². The molecule has 4 heteroatoms. The second kappa shape index (κ2) is 6.16. The molecule has 0 fully saturated rings. The van der Waals surface area contributed by atoms with E-state index >= 15 is 0 Å². The van der Waals surface area contributed by atoms with Gasteiger partial charge in [-0.25, -0.2) is 0 Å². The van der Waals surface area contributed by atoms with Crippen LogP contribution in [0.5, 0.6) is 0 Å². The van der Waals surface area contributed by atoms with Gasteiger partial charge in [0.05, 0.1) is 0 Å². The molecule has 148 valence electrons. The van der Waals surface area contributed by atoms with Crippen molar-refractivity contribution < 1.29 is 8.98 Å². The van der Waals surface area contributed by atoms with Crippen LogP contribution in [-0.4, -0.2) is 0 Å². The Bertz CT molecular complexity index is 1820. The number of furan rings is 1. The number of rotatable bonds is 1. The fourth-order valence-corrected chi connectivity index (χ4v) is 7.46. The van der Waals surface area contributed by atoms with E-state index in [-0.39, 0.29) is 0 Å². The van der Waals surface area contributed by atoms with Gasteiger partial charge in [-0.1, -0.05) is 83.3 Å². The van der Waals surface area contributed by atoms with Crippen LogP contribution in [0.1, 0.15) is 5.56 Å². The molecule has 0 saturated heterocycles. The molecule has 2 nitrogen and oxygen atoms in total. The van der Waals surface area contributed by atoms with Gasteiger partial charge in [0.2, 0.25) is 0 Å². The highest BCUT2D eigenvalue weighted by Crippen LogP contribution is 2.44. The van der Waals surface area contributed by atoms with Gasteiger partial charge in [-0.05, 0) is 30.0 Å². The van der Waals surface area contributed by atoms with E-state index in [9.17, 15) is 0 Å². The Morgan fingerprint density at radius 1 is 0.710 bits per heavy atom. The van der Waals surface area contributed by atoms with Gasteiger partial charge in [-0.15, -0.1) is 0 Å². The van der Waals surface area contributed by atoms with Crippen molar-refractivity contribution in [3.05, 3.63) is 78.4 Å². The molecule has 3 heterocycles. The molecule has 0 radical (unpaired) electrons. The molecule has 0 N–H and O–H groups in total. The highest BCUT2D eigenvalue weighted by Gasteiger charge is 2.27. The molecule has 0 aliphatic rings. The van der Waals surface area contributed by atoms with Crippen molar-refractivity contribution in [1.82, 2.24) is 0 Å². The molecule has 0 saturated carbocycles. The zero-order chi connectivity index (χ0) is 20.7. The first kappa shape index (κ1) is 17.5. The van der Waals surface area contributed by atoms with Crippen LogP contribution >= 0.6 is 22.7 Å². The second-order valence-corrected chi connectivity index (χ2v) is 10.1. The summed E-state index contributed by atoms with van der Waals surface area (Å²) in [6.45, 7) is 2.19. The molecule has 4 aromatic carbocycles. The van der Waals surface area contributed by atoms with E-state index in [0.717, 1.165) is 11.2 Å². The number of benzene rings is 4. The van der Waals surface area contributed by atoms with Crippen LogP contribution in [0.4, 0.5) is 0 Å². The highest BCUT2D eigenvalue weighted by atomic mass is 32.1. The van der Waals surface area contributed by atoms with Gasteiger partial charge in [0.1, 0.15) is 22.9 Å². The van der Waals surface area contributed by atoms with Crippen molar-refractivity contribution in [2.45, 2.75) is 6.92 Å². The summed E-state index contributed by atoms with van der Waals surface area (Å²) in [5, 5.41) is 7.33. The number of aryl methyl sites for hydroxylation is 2. The summed E-state index contributed by atoms with van der Waals surface area (Å²) in [5.74, 6) is 0. The van der Waals surface area contributed by atoms with Gasteiger partial charge in [-0.2, -0.15) is 4.57 Å². The summed E-state index contributed by atoms with van der Waals surface area (Å²) in [7, 11) is 2.18. The van der Waals surface area contributed by atoms with Gasteiger partial charge in [0.15, 0.2) is 5.58 Å². The lowest BCUT2D eigenvalue weighted by atomic mass is 10.0. The smallest absolute Gasteiger partial charge is 0.281 e. The Labute approximate surface area is 186 Å². The van der Waals surface area contributed by atoms with Crippen LogP contribution in [0, 0.1) is 6.92 Å². The Balaban J connectivity index is 1.61. The maximum absolute atomic E-state index is 6.64. The van der Waals surface area contributed by atoms with E-state index in [1.54, 1.807) is 0 Å². The molecule has 0 bridgehead atoms. The van der Waals surface area contributed by atoms with E-state index in [2.05, 4.69) is 91.3 Å². The first-order valence-electron chi connectivity index (χ1n) is 10.3. The largest absolute Gasteiger partial charge is 0.454 e. The average Bonchev–Trinajstić information content (AvgIpc) is 3.45. The van der Waals surface area contributed by atoms with E-state index < -0.39 is 0 Å². The Morgan fingerprint density at radius 2 is 1.45 bits per heavy atom. The van der Waals surface area contributed by atoms with Crippen LogP contribution in [-0.2, 0) is 7.05 Å². The molecule has 7 aromatic rings. The van der Waals surface area contributed by atoms with Gasteiger partial charge in [0, 0.05) is 26.2 Å². The van der Waals surface area contributed by atoms with E-state index in [1.165, 1.54) is 57.3 Å². The van der Waals surface area contributed by atoms with Crippen LogP contribution in [0.25, 0.3) is 62.9 Å². The highest BCUT2D eigenvalue weighted by molar-refractivity contribution is 7.32. The topological polar surface area (TPSA) is 17.0 Å². The average molecular weight is 437 g/mol. The number of hydrogen-bond acceptors (Lipinski definition) is 3. The lowest BCUT2D eigenvalue weighted by Crippen LogP contribution is -2.27. The molecule has 3 aromatic heterocycles. The summed E-state index contributed by atoms with van der Waals surface area (Å²) in [6.07, 6.45) is 0. The number of hydrogen-bond donors (Lipinski definition) is 0. The van der Waals surface area contributed by atoms with Gasteiger partial charge in [0.25, 0.3) is 9.84 Å². The number of thiazole rings is 1. The molecule has 0 spiro atoms. The van der Waals surface area contributed by atoms with Crippen LogP contribution in [0.15, 0.2) is 77.2 Å². The third-order valence-corrected chi connectivity index (χ3v) is 8.96. The fraction of sp³-hybridized carbons (Fsp3) is 0.0741. The predicted octanol–water partition coefficient (Wildman–Crippen LogP) is 7.97. The van der Waals surface area contributed by atoms with E-state index in [0.29, 0.717) is 0 Å². The zero-order valence-corrected chi connectivity index (χ0v) is 18.7. The van der Waals surface area contributed by atoms with Crippen molar-refractivity contribution in [2.24, 2.45) is 7.05 Å². The van der Waals surface area contributed by atoms with Crippen LogP contribution < -0.4 is 4.57 Å². The third-order valence-electron chi connectivity index (χ3n) is 6.29. The fourth-order valence-electron chi connectivity index (χ4n) is 4.74. The minimum Gasteiger partial charge on any atom is -0.454 e. The molecule has 0 aliphatic heterocycles. The summed E-state index contributed by atoms with van der Waals surface area (Å²) in [5.41, 5.74) is 4.41. The number of nitrogens with zero attached hydrogens (tertiary/aromatic N) is 1.